The molecule has 1 atom stereocenters. The molecule has 1 aliphatic heterocycles. The van der Waals surface area contributed by atoms with Crippen LogP contribution in [-0.2, 0) is 6.54 Å². The van der Waals surface area contributed by atoms with Gasteiger partial charge in [0.2, 0.25) is 0 Å². The largest absolute Gasteiger partial charge is 0.486 e. The van der Waals surface area contributed by atoms with Crippen molar-refractivity contribution in [3.05, 3.63) is 59.4 Å². The van der Waals surface area contributed by atoms with Crippen molar-refractivity contribution in [1.29, 1.82) is 0 Å². The second-order valence-corrected chi connectivity index (χ2v) is 6.23. The zero-order valence-electron chi connectivity index (χ0n) is 12.9. The van der Waals surface area contributed by atoms with Crippen molar-refractivity contribution in [2.45, 2.75) is 25.4 Å². The van der Waals surface area contributed by atoms with Gasteiger partial charge in [-0.05, 0) is 54.2 Å². The normalized spacial score (nSPS) is 17.8. The second kappa shape index (κ2) is 6.20. The Morgan fingerprint density at radius 3 is 2.65 bits per heavy atom. The fraction of sp³-hybridized carbons (Fsp3) is 0.368. The monoisotopic (exact) mass is 313 g/mol. The standard InChI is InChI=1S/C19H20FNO2/c20-16-3-1-2-13(10-16)12-21-19(14-4-5-14)15-6-7-17-18(11-15)23-9-8-22-17/h1-3,6-7,10-11,14,19,21H,4-5,8-9,12H2. The molecule has 1 aliphatic carbocycles. The Kier molecular flexibility index (Phi) is 3.92. The third-order valence-corrected chi connectivity index (χ3v) is 4.43. The predicted molar refractivity (Wildman–Crippen MR) is 86.1 cm³/mol. The summed E-state index contributed by atoms with van der Waals surface area (Å²) < 4.78 is 24.6. The van der Waals surface area contributed by atoms with Crippen LogP contribution in [0.15, 0.2) is 42.5 Å². The van der Waals surface area contributed by atoms with E-state index in [0.29, 0.717) is 25.7 Å². The molecule has 4 rings (SSSR count). The Balaban J connectivity index is 1.51. The number of hydrogen-bond acceptors (Lipinski definition) is 3. The Hall–Kier alpha value is -2.07. The van der Waals surface area contributed by atoms with Crippen LogP contribution in [0.1, 0.15) is 30.0 Å². The number of hydrogen-bond donors (Lipinski definition) is 1. The van der Waals surface area contributed by atoms with Crippen molar-refractivity contribution in [3.8, 4) is 11.5 Å². The van der Waals surface area contributed by atoms with Crippen molar-refractivity contribution in [2.24, 2.45) is 5.92 Å². The van der Waals surface area contributed by atoms with Gasteiger partial charge in [0, 0.05) is 12.6 Å². The molecule has 4 heteroatoms. The van der Waals surface area contributed by atoms with E-state index in [1.807, 2.05) is 12.1 Å². The van der Waals surface area contributed by atoms with Crippen molar-refractivity contribution < 1.29 is 13.9 Å². The molecule has 1 fully saturated rings. The highest BCUT2D eigenvalue weighted by Crippen LogP contribution is 2.43. The van der Waals surface area contributed by atoms with Crippen LogP contribution in [0.2, 0.25) is 0 Å². The number of nitrogens with one attached hydrogen (secondary N) is 1. The molecule has 2 aromatic rings. The summed E-state index contributed by atoms with van der Waals surface area (Å²) in [7, 11) is 0. The predicted octanol–water partition coefficient (Wildman–Crippen LogP) is 3.84. The molecule has 1 heterocycles. The fourth-order valence-electron chi connectivity index (χ4n) is 3.11. The zero-order chi connectivity index (χ0) is 15.6. The van der Waals surface area contributed by atoms with Gasteiger partial charge in [-0.3, -0.25) is 0 Å². The summed E-state index contributed by atoms with van der Waals surface area (Å²) in [5.41, 5.74) is 2.18. The lowest BCUT2D eigenvalue weighted by atomic mass is 10.0. The van der Waals surface area contributed by atoms with E-state index in [-0.39, 0.29) is 11.9 Å². The van der Waals surface area contributed by atoms with Crippen LogP contribution in [0, 0.1) is 11.7 Å². The molecule has 1 unspecified atom stereocenters. The second-order valence-electron chi connectivity index (χ2n) is 6.23. The van der Waals surface area contributed by atoms with Gasteiger partial charge < -0.3 is 14.8 Å². The Bertz CT molecular complexity index is 700. The van der Waals surface area contributed by atoms with Gasteiger partial charge in [-0.1, -0.05) is 18.2 Å². The number of rotatable bonds is 5. The smallest absolute Gasteiger partial charge is 0.161 e. The minimum absolute atomic E-state index is 0.188. The quantitative estimate of drug-likeness (QED) is 0.910. The topological polar surface area (TPSA) is 30.5 Å². The average molecular weight is 313 g/mol. The summed E-state index contributed by atoms with van der Waals surface area (Å²) >= 11 is 0. The molecule has 1 N–H and O–H groups in total. The van der Waals surface area contributed by atoms with Crippen molar-refractivity contribution >= 4 is 0 Å². The van der Waals surface area contributed by atoms with Gasteiger partial charge in [0.1, 0.15) is 19.0 Å². The maximum Gasteiger partial charge on any atom is 0.161 e. The highest BCUT2D eigenvalue weighted by Gasteiger charge is 2.32. The van der Waals surface area contributed by atoms with Crippen LogP contribution in [0.25, 0.3) is 0 Å². The van der Waals surface area contributed by atoms with E-state index in [1.54, 1.807) is 12.1 Å². The molecular weight excluding hydrogens is 293 g/mol. The van der Waals surface area contributed by atoms with Gasteiger partial charge >= 0.3 is 0 Å². The van der Waals surface area contributed by atoms with Crippen molar-refractivity contribution in [1.82, 2.24) is 5.32 Å². The van der Waals surface area contributed by atoms with E-state index < -0.39 is 0 Å². The summed E-state index contributed by atoms with van der Waals surface area (Å²) in [6.07, 6.45) is 2.46. The molecular formula is C19H20FNO2. The summed E-state index contributed by atoms with van der Waals surface area (Å²) in [6, 6.07) is 13.2. The molecule has 0 amide bonds. The summed E-state index contributed by atoms with van der Waals surface area (Å²) in [6.45, 7) is 1.87. The summed E-state index contributed by atoms with van der Waals surface area (Å²) in [5, 5.41) is 3.59. The molecule has 3 nitrogen and oxygen atoms in total. The van der Waals surface area contributed by atoms with Crippen LogP contribution in [0.4, 0.5) is 4.39 Å². The van der Waals surface area contributed by atoms with Gasteiger partial charge in [0.05, 0.1) is 0 Å². The molecule has 2 aliphatic rings. The number of benzene rings is 2. The lowest BCUT2D eigenvalue weighted by Crippen LogP contribution is -2.23. The number of fused-ring (bicyclic) bond motifs is 1. The third kappa shape index (κ3) is 3.32. The number of ether oxygens (including phenoxy) is 2. The van der Waals surface area contributed by atoms with Gasteiger partial charge in [0.15, 0.2) is 11.5 Å². The first kappa shape index (κ1) is 14.5. The molecule has 23 heavy (non-hydrogen) atoms. The van der Waals surface area contributed by atoms with Crippen molar-refractivity contribution in [3.63, 3.8) is 0 Å². The first-order valence-corrected chi connectivity index (χ1v) is 8.17. The van der Waals surface area contributed by atoms with E-state index in [9.17, 15) is 4.39 Å². The van der Waals surface area contributed by atoms with Crippen LogP contribution >= 0.6 is 0 Å². The number of halogens is 1. The highest BCUT2D eigenvalue weighted by atomic mass is 19.1. The molecule has 0 bridgehead atoms. The molecule has 0 spiro atoms. The molecule has 0 radical (unpaired) electrons. The maximum atomic E-state index is 13.3. The SMILES string of the molecule is Fc1cccc(CNC(c2ccc3c(c2)OCCO3)C2CC2)c1. The lowest BCUT2D eigenvalue weighted by molar-refractivity contribution is 0.171. The Labute approximate surface area is 135 Å². The van der Waals surface area contributed by atoms with Crippen LogP contribution < -0.4 is 14.8 Å². The van der Waals surface area contributed by atoms with E-state index in [2.05, 4.69) is 17.4 Å². The molecule has 1 saturated carbocycles. The Morgan fingerprint density at radius 2 is 1.87 bits per heavy atom. The fourth-order valence-corrected chi connectivity index (χ4v) is 3.11. The van der Waals surface area contributed by atoms with E-state index in [1.165, 1.54) is 24.5 Å². The van der Waals surface area contributed by atoms with Crippen LogP contribution in [0.3, 0.4) is 0 Å². The zero-order valence-corrected chi connectivity index (χ0v) is 12.9. The maximum absolute atomic E-state index is 13.3. The summed E-state index contributed by atoms with van der Waals surface area (Å²) in [4.78, 5) is 0. The van der Waals surface area contributed by atoms with Gasteiger partial charge in [0.25, 0.3) is 0 Å². The average Bonchev–Trinajstić information content (AvgIpc) is 3.40. The summed E-state index contributed by atoms with van der Waals surface area (Å²) in [5.74, 6) is 2.10. The highest BCUT2D eigenvalue weighted by molar-refractivity contribution is 5.45. The molecule has 2 aromatic carbocycles. The van der Waals surface area contributed by atoms with Gasteiger partial charge in [-0.2, -0.15) is 0 Å². The minimum Gasteiger partial charge on any atom is -0.486 e. The minimum atomic E-state index is -0.188. The van der Waals surface area contributed by atoms with E-state index in [4.69, 9.17) is 9.47 Å². The molecule has 0 saturated heterocycles. The van der Waals surface area contributed by atoms with Crippen LogP contribution in [-0.4, -0.2) is 13.2 Å². The first-order valence-electron chi connectivity index (χ1n) is 8.17. The van der Waals surface area contributed by atoms with Gasteiger partial charge in [-0.15, -0.1) is 0 Å². The lowest BCUT2D eigenvalue weighted by Gasteiger charge is -2.23. The first-order chi connectivity index (χ1) is 11.3. The van der Waals surface area contributed by atoms with Crippen LogP contribution in [0.5, 0.6) is 11.5 Å². The van der Waals surface area contributed by atoms with Crippen molar-refractivity contribution in [2.75, 3.05) is 13.2 Å². The van der Waals surface area contributed by atoms with E-state index >= 15 is 0 Å². The van der Waals surface area contributed by atoms with Gasteiger partial charge in [-0.25, -0.2) is 4.39 Å². The van der Waals surface area contributed by atoms with E-state index in [0.717, 1.165) is 17.1 Å². The molecule has 0 aromatic heterocycles. The third-order valence-electron chi connectivity index (χ3n) is 4.43. The Morgan fingerprint density at radius 1 is 1.04 bits per heavy atom. The molecule has 120 valence electrons.